The molecule has 2 aromatic carbocycles. The molecular weight excluding hydrogens is 364 g/mol. The molecule has 5 nitrogen and oxygen atoms in total. The Balaban J connectivity index is 1.60. The Morgan fingerprint density at radius 1 is 1.21 bits per heavy atom. The zero-order chi connectivity index (χ0) is 20.3. The standard InChI is InChI=1S/C24H24N2O3/c1-14(2)26-12-18-20(28-13-26)9-15(3)22-23(27)21(29-24(18)22)10-16-11-25(4)19-8-6-5-7-17(16)19/h5-11,14H,12-13H2,1-4H3/b21-10-. The van der Waals surface area contributed by atoms with Gasteiger partial charge in [0.2, 0.25) is 5.78 Å². The minimum Gasteiger partial charge on any atom is -0.478 e. The second-order valence-corrected chi connectivity index (χ2v) is 8.14. The van der Waals surface area contributed by atoms with E-state index in [2.05, 4.69) is 35.4 Å². The second-order valence-electron chi connectivity index (χ2n) is 8.14. The zero-order valence-corrected chi connectivity index (χ0v) is 17.2. The van der Waals surface area contributed by atoms with Gasteiger partial charge in [-0.2, -0.15) is 0 Å². The summed E-state index contributed by atoms with van der Waals surface area (Å²) < 4.78 is 14.2. The number of aromatic nitrogens is 1. The van der Waals surface area contributed by atoms with Crippen molar-refractivity contribution in [2.24, 2.45) is 7.05 Å². The van der Waals surface area contributed by atoms with Gasteiger partial charge in [-0.1, -0.05) is 18.2 Å². The summed E-state index contributed by atoms with van der Waals surface area (Å²) in [6, 6.07) is 10.5. The van der Waals surface area contributed by atoms with Crippen molar-refractivity contribution in [1.82, 2.24) is 9.47 Å². The Morgan fingerprint density at radius 2 is 2.00 bits per heavy atom. The van der Waals surface area contributed by atoms with E-state index in [1.165, 1.54) is 0 Å². The molecule has 0 aliphatic carbocycles. The summed E-state index contributed by atoms with van der Waals surface area (Å²) in [7, 11) is 2.01. The molecule has 5 heteroatoms. The third kappa shape index (κ3) is 2.76. The molecule has 2 aliphatic heterocycles. The van der Waals surface area contributed by atoms with E-state index in [1.54, 1.807) is 0 Å². The third-order valence-corrected chi connectivity index (χ3v) is 5.90. The molecule has 5 rings (SSSR count). The Morgan fingerprint density at radius 3 is 2.79 bits per heavy atom. The fourth-order valence-electron chi connectivity index (χ4n) is 4.21. The van der Waals surface area contributed by atoms with Crippen molar-refractivity contribution < 1.29 is 14.3 Å². The van der Waals surface area contributed by atoms with E-state index in [0.29, 0.717) is 36.4 Å². The summed E-state index contributed by atoms with van der Waals surface area (Å²) in [5.41, 5.74) is 4.61. The lowest BCUT2D eigenvalue weighted by Gasteiger charge is -2.32. The first-order valence-electron chi connectivity index (χ1n) is 9.95. The van der Waals surface area contributed by atoms with Crippen LogP contribution in [0.1, 0.15) is 40.9 Å². The van der Waals surface area contributed by atoms with Gasteiger partial charge in [-0.3, -0.25) is 9.69 Å². The van der Waals surface area contributed by atoms with Crippen LogP contribution in [0.2, 0.25) is 0 Å². The van der Waals surface area contributed by atoms with Crippen LogP contribution in [0.4, 0.5) is 0 Å². The van der Waals surface area contributed by atoms with Gasteiger partial charge in [-0.15, -0.1) is 0 Å². The minimum absolute atomic E-state index is 0.0603. The number of ether oxygens (including phenoxy) is 2. The van der Waals surface area contributed by atoms with Crippen molar-refractivity contribution in [3.63, 3.8) is 0 Å². The topological polar surface area (TPSA) is 43.7 Å². The van der Waals surface area contributed by atoms with E-state index in [-0.39, 0.29) is 5.78 Å². The first kappa shape index (κ1) is 18.0. The molecule has 0 saturated heterocycles. The monoisotopic (exact) mass is 388 g/mol. The van der Waals surface area contributed by atoms with Crippen LogP contribution in [-0.2, 0) is 13.6 Å². The number of Topliss-reactive ketones (excluding diaryl/α,β-unsaturated/α-hetero) is 1. The summed E-state index contributed by atoms with van der Waals surface area (Å²) in [5, 5.41) is 1.10. The van der Waals surface area contributed by atoms with Crippen LogP contribution in [0.5, 0.6) is 11.5 Å². The van der Waals surface area contributed by atoms with Crippen molar-refractivity contribution in [3.8, 4) is 11.5 Å². The van der Waals surface area contributed by atoms with Crippen molar-refractivity contribution in [1.29, 1.82) is 0 Å². The molecule has 2 aliphatic rings. The van der Waals surface area contributed by atoms with Gasteiger partial charge in [0.05, 0.1) is 11.1 Å². The largest absolute Gasteiger partial charge is 0.478 e. The Hall–Kier alpha value is -3.05. The highest BCUT2D eigenvalue weighted by Crippen LogP contribution is 2.44. The Kier molecular flexibility index (Phi) is 4.03. The number of fused-ring (bicyclic) bond motifs is 4. The average Bonchev–Trinajstić information content (AvgIpc) is 3.20. The van der Waals surface area contributed by atoms with Crippen molar-refractivity contribution >= 4 is 22.8 Å². The van der Waals surface area contributed by atoms with Crippen molar-refractivity contribution in [2.45, 2.75) is 33.4 Å². The lowest BCUT2D eigenvalue weighted by Crippen LogP contribution is -2.37. The van der Waals surface area contributed by atoms with E-state index in [9.17, 15) is 4.79 Å². The van der Waals surface area contributed by atoms with Crippen molar-refractivity contribution in [3.05, 3.63) is 64.5 Å². The summed E-state index contributed by atoms with van der Waals surface area (Å²) in [4.78, 5) is 15.4. The van der Waals surface area contributed by atoms with Crippen LogP contribution in [0.3, 0.4) is 0 Å². The predicted molar refractivity (Wildman–Crippen MR) is 113 cm³/mol. The number of benzene rings is 2. The van der Waals surface area contributed by atoms with Crippen LogP contribution in [0.15, 0.2) is 42.3 Å². The molecular formula is C24H24N2O3. The second kappa shape index (κ2) is 6.49. The number of rotatable bonds is 2. The van der Waals surface area contributed by atoms with Crippen LogP contribution < -0.4 is 9.47 Å². The van der Waals surface area contributed by atoms with Gasteiger partial charge >= 0.3 is 0 Å². The maximum atomic E-state index is 13.2. The van der Waals surface area contributed by atoms with Gasteiger partial charge in [0.1, 0.15) is 18.2 Å². The number of nitrogens with zero attached hydrogens (tertiary/aromatic N) is 2. The van der Waals surface area contributed by atoms with E-state index < -0.39 is 0 Å². The Bertz CT molecular complexity index is 1190. The molecule has 29 heavy (non-hydrogen) atoms. The molecule has 0 radical (unpaired) electrons. The lowest BCUT2D eigenvalue weighted by molar-refractivity contribution is 0.0673. The predicted octanol–water partition coefficient (Wildman–Crippen LogP) is 4.66. The maximum absolute atomic E-state index is 13.2. The number of hydrogen-bond acceptors (Lipinski definition) is 4. The molecule has 0 fully saturated rings. The lowest BCUT2D eigenvalue weighted by atomic mass is 9.98. The van der Waals surface area contributed by atoms with E-state index in [0.717, 1.165) is 33.3 Å². The number of allylic oxidation sites excluding steroid dienone is 1. The number of carbonyl (C=O) groups is 1. The molecule has 0 N–H and O–H groups in total. The van der Waals surface area contributed by atoms with E-state index in [4.69, 9.17) is 9.47 Å². The van der Waals surface area contributed by atoms with Gasteiger partial charge in [0.15, 0.2) is 5.76 Å². The highest BCUT2D eigenvalue weighted by molar-refractivity contribution is 6.16. The highest BCUT2D eigenvalue weighted by Gasteiger charge is 2.35. The SMILES string of the molecule is Cc1cc2c(c3c1C(=O)/C(=C/c1cn(C)c4ccccc14)O3)CN(C(C)C)CO2. The number of ketones is 1. The highest BCUT2D eigenvalue weighted by atomic mass is 16.5. The molecule has 0 amide bonds. The van der Waals surface area contributed by atoms with E-state index in [1.807, 2.05) is 44.4 Å². The molecule has 0 atom stereocenters. The molecule has 3 aromatic rings. The summed E-state index contributed by atoms with van der Waals surface area (Å²) in [6.45, 7) is 7.49. The normalized spacial score (nSPS) is 17.6. The number of aryl methyl sites for hydroxylation is 2. The molecule has 148 valence electrons. The average molecular weight is 388 g/mol. The van der Waals surface area contributed by atoms with Gasteiger partial charge < -0.3 is 14.0 Å². The Labute approximate surface area is 170 Å². The van der Waals surface area contributed by atoms with Gasteiger partial charge in [0, 0.05) is 42.3 Å². The number of para-hydroxylation sites is 1. The van der Waals surface area contributed by atoms with Gasteiger partial charge in [-0.05, 0) is 44.5 Å². The summed E-state index contributed by atoms with van der Waals surface area (Å²) >= 11 is 0. The third-order valence-electron chi connectivity index (χ3n) is 5.90. The first-order valence-corrected chi connectivity index (χ1v) is 9.95. The fraction of sp³-hybridized carbons (Fsp3) is 0.292. The van der Waals surface area contributed by atoms with E-state index >= 15 is 0 Å². The summed E-state index contributed by atoms with van der Waals surface area (Å²) in [6.07, 6.45) is 3.89. The minimum atomic E-state index is -0.0603. The van der Waals surface area contributed by atoms with Crippen LogP contribution in [0, 0.1) is 6.92 Å². The first-order chi connectivity index (χ1) is 13.9. The van der Waals surface area contributed by atoms with Gasteiger partial charge in [0.25, 0.3) is 0 Å². The van der Waals surface area contributed by atoms with Crippen LogP contribution in [-0.4, -0.2) is 28.0 Å². The van der Waals surface area contributed by atoms with Crippen LogP contribution in [0.25, 0.3) is 17.0 Å². The van der Waals surface area contributed by atoms with Gasteiger partial charge in [-0.25, -0.2) is 0 Å². The summed E-state index contributed by atoms with van der Waals surface area (Å²) in [5.74, 6) is 1.78. The number of carbonyl (C=O) groups excluding carboxylic acids is 1. The molecule has 0 saturated carbocycles. The molecule has 0 spiro atoms. The fourth-order valence-corrected chi connectivity index (χ4v) is 4.21. The molecule has 0 bridgehead atoms. The molecule has 1 aromatic heterocycles. The van der Waals surface area contributed by atoms with Crippen molar-refractivity contribution in [2.75, 3.05) is 6.73 Å². The number of hydrogen-bond donors (Lipinski definition) is 0. The van der Waals surface area contributed by atoms with Crippen LogP contribution >= 0.6 is 0 Å². The maximum Gasteiger partial charge on any atom is 0.232 e. The quantitative estimate of drug-likeness (QED) is 0.599. The molecule has 3 heterocycles. The smallest absolute Gasteiger partial charge is 0.232 e. The molecule has 0 unspecified atom stereocenters. The zero-order valence-electron chi connectivity index (χ0n) is 17.2.